The summed E-state index contributed by atoms with van der Waals surface area (Å²) < 4.78 is 10.7. The van der Waals surface area contributed by atoms with E-state index in [1.54, 1.807) is 20.2 Å². The molecule has 0 aromatic heterocycles. The van der Waals surface area contributed by atoms with Crippen molar-refractivity contribution in [1.82, 2.24) is 5.32 Å². The van der Waals surface area contributed by atoms with E-state index in [-0.39, 0.29) is 18.6 Å². The minimum Gasteiger partial charge on any atom is -0.497 e. The van der Waals surface area contributed by atoms with Gasteiger partial charge in [0.25, 0.3) is 5.91 Å². The van der Waals surface area contributed by atoms with E-state index >= 15 is 0 Å². The van der Waals surface area contributed by atoms with E-state index in [0.717, 1.165) is 12.0 Å². The highest BCUT2D eigenvalue weighted by Crippen LogP contribution is 2.26. The number of benzene rings is 1. The van der Waals surface area contributed by atoms with E-state index in [1.165, 1.54) is 0 Å². The molecule has 1 amide bonds. The summed E-state index contributed by atoms with van der Waals surface area (Å²) >= 11 is 0. The number of nitrogens with one attached hydrogen (secondary N) is 1. The number of hydrogen-bond donors (Lipinski definition) is 2. The molecule has 5 heteroatoms. The first kappa shape index (κ1) is 15.3. The SMILES string of the molecule is CCC(N)Cc1ccc(OC)cc1OCC(=O)NC. The molecule has 0 saturated carbocycles. The van der Waals surface area contributed by atoms with Crippen molar-refractivity contribution in [2.24, 2.45) is 5.73 Å². The van der Waals surface area contributed by atoms with Crippen LogP contribution in [0.4, 0.5) is 0 Å². The molecule has 0 aliphatic heterocycles. The van der Waals surface area contributed by atoms with E-state index < -0.39 is 0 Å². The zero-order chi connectivity index (χ0) is 14.3. The maximum Gasteiger partial charge on any atom is 0.257 e. The fourth-order valence-electron chi connectivity index (χ4n) is 1.61. The van der Waals surface area contributed by atoms with Crippen LogP contribution in [-0.2, 0) is 11.2 Å². The molecule has 0 radical (unpaired) electrons. The highest BCUT2D eigenvalue weighted by molar-refractivity contribution is 5.77. The molecule has 1 unspecified atom stereocenters. The van der Waals surface area contributed by atoms with Crippen LogP contribution in [0.5, 0.6) is 11.5 Å². The number of ether oxygens (including phenoxy) is 2. The Morgan fingerprint density at radius 1 is 1.47 bits per heavy atom. The van der Waals surface area contributed by atoms with Crippen molar-refractivity contribution in [2.75, 3.05) is 20.8 Å². The van der Waals surface area contributed by atoms with Crippen molar-refractivity contribution >= 4 is 5.91 Å². The van der Waals surface area contributed by atoms with Gasteiger partial charge in [-0.3, -0.25) is 4.79 Å². The van der Waals surface area contributed by atoms with E-state index in [4.69, 9.17) is 15.2 Å². The first-order chi connectivity index (χ1) is 9.10. The van der Waals surface area contributed by atoms with Crippen molar-refractivity contribution in [1.29, 1.82) is 0 Å². The fraction of sp³-hybridized carbons (Fsp3) is 0.500. The summed E-state index contributed by atoms with van der Waals surface area (Å²) in [6.45, 7) is 2.03. The second-order valence-corrected chi connectivity index (χ2v) is 4.31. The van der Waals surface area contributed by atoms with Crippen molar-refractivity contribution in [3.05, 3.63) is 23.8 Å². The Balaban J connectivity index is 2.85. The van der Waals surface area contributed by atoms with Crippen LogP contribution in [0.3, 0.4) is 0 Å². The van der Waals surface area contributed by atoms with Crippen molar-refractivity contribution < 1.29 is 14.3 Å². The Kier molecular flexibility index (Phi) is 6.15. The van der Waals surface area contributed by atoms with Crippen LogP contribution >= 0.6 is 0 Å². The second kappa shape index (κ2) is 7.63. The number of nitrogens with two attached hydrogens (primary N) is 1. The van der Waals surface area contributed by atoms with Gasteiger partial charge in [0.2, 0.25) is 0 Å². The third-order valence-electron chi connectivity index (χ3n) is 2.92. The molecule has 5 nitrogen and oxygen atoms in total. The van der Waals surface area contributed by atoms with E-state index in [2.05, 4.69) is 5.32 Å². The van der Waals surface area contributed by atoms with Gasteiger partial charge in [-0.25, -0.2) is 0 Å². The molecule has 0 aliphatic rings. The van der Waals surface area contributed by atoms with E-state index in [9.17, 15) is 4.79 Å². The average molecular weight is 266 g/mol. The summed E-state index contributed by atoms with van der Waals surface area (Å²) in [5, 5.41) is 2.52. The van der Waals surface area contributed by atoms with Gasteiger partial charge in [0.15, 0.2) is 6.61 Å². The Morgan fingerprint density at radius 3 is 2.79 bits per heavy atom. The molecule has 0 aliphatic carbocycles. The molecule has 1 aromatic carbocycles. The summed E-state index contributed by atoms with van der Waals surface area (Å²) in [7, 11) is 3.17. The van der Waals surface area contributed by atoms with Crippen molar-refractivity contribution in [3.8, 4) is 11.5 Å². The lowest BCUT2D eigenvalue weighted by Crippen LogP contribution is -2.26. The monoisotopic (exact) mass is 266 g/mol. The zero-order valence-corrected chi connectivity index (χ0v) is 11.7. The van der Waals surface area contributed by atoms with Gasteiger partial charge in [-0.05, 0) is 24.5 Å². The molecular weight excluding hydrogens is 244 g/mol. The number of hydrogen-bond acceptors (Lipinski definition) is 4. The summed E-state index contributed by atoms with van der Waals surface area (Å²) in [5.74, 6) is 1.17. The summed E-state index contributed by atoms with van der Waals surface area (Å²) in [6.07, 6.45) is 1.60. The first-order valence-electron chi connectivity index (χ1n) is 6.36. The second-order valence-electron chi connectivity index (χ2n) is 4.31. The van der Waals surface area contributed by atoms with Gasteiger partial charge in [-0.2, -0.15) is 0 Å². The van der Waals surface area contributed by atoms with Gasteiger partial charge in [0, 0.05) is 19.2 Å². The molecule has 106 valence electrons. The predicted octanol–water partition coefficient (Wildman–Crippen LogP) is 1.10. The van der Waals surface area contributed by atoms with Gasteiger partial charge < -0.3 is 20.5 Å². The van der Waals surface area contributed by atoms with Gasteiger partial charge in [0.05, 0.1) is 7.11 Å². The normalized spacial score (nSPS) is 11.8. The summed E-state index contributed by atoms with van der Waals surface area (Å²) in [6, 6.07) is 5.65. The number of carbonyl (C=O) groups is 1. The van der Waals surface area contributed by atoms with Crippen LogP contribution in [0, 0.1) is 0 Å². The average Bonchev–Trinajstić information content (AvgIpc) is 2.45. The molecule has 1 atom stereocenters. The van der Waals surface area contributed by atoms with Crippen LogP contribution in [0.25, 0.3) is 0 Å². The van der Waals surface area contributed by atoms with Gasteiger partial charge in [0.1, 0.15) is 11.5 Å². The van der Waals surface area contributed by atoms with Crippen LogP contribution < -0.4 is 20.5 Å². The van der Waals surface area contributed by atoms with Crippen molar-refractivity contribution in [3.63, 3.8) is 0 Å². The Morgan fingerprint density at radius 2 is 2.21 bits per heavy atom. The maximum atomic E-state index is 11.2. The van der Waals surface area contributed by atoms with Gasteiger partial charge in [-0.1, -0.05) is 13.0 Å². The number of amides is 1. The highest BCUT2D eigenvalue weighted by Gasteiger charge is 2.10. The van der Waals surface area contributed by atoms with Crippen LogP contribution in [0.1, 0.15) is 18.9 Å². The Hall–Kier alpha value is -1.75. The quantitative estimate of drug-likeness (QED) is 0.775. The highest BCUT2D eigenvalue weighted by atomic mass is 16.5. The molecule has 3 N–H and O–H groups in total. The molecule has 0 spiro atoms. The Bertz CT molecular complexity index is 421. The van der Waals surface area contributed by atoms with Gasteiger partial charge in [-0.15, -0.1) is 0 Å². The standard InChI is InChI=1S/C14H22N2O3/c1-4-11(15)7-10-5-6-12(18-3)8-13(10)19-9-14(17)16-2/h5-6,8,11H,4,7,9,15H2,1-3H3,(H,16,17). The fourth-order valence-corrected chi connectivity index (χ4v) is 1.61. The number of carbonyl (C=O) groups excluding carboxylic acids is 1. The lowest BCUT2D eigenvalue weighted by molar-refractivity contribution is -0.122. The van der Waals surface area contributed by atoms with Crippen LogP contribution in [-0.4, -0.2) is 32.7 Å². The number of likely N-dealkylation sites (N-methyl/N-ethyl adjacent to an activating group) is 1. The lowest BCUT2D eigenvalue weighted by atomic mass is 10.0. The maximum absolute atomic E-state index is 11.2. The van der Waals surface area contributed by atoms with Crippen molar-refractivity contribution in [2.45, 2.75) is 25.8 Å². The zero-order valence-electron chi connectivity index (χ0n) is 11.7. The number of rotatable bonds is 7. The molecule has 0 bridgehead atoms. The third-order valence-corrected chi connectivity index (χ3v) is 2.92. The van der Waals surface area contributed by atoms with Crippen LogP contribution in [0.2, 0.25) is 0 Å². The summed E-state index contributed by atoms with van der Waals surface area (Å²) in [4.78, 5) is 11.2. The largest absolute Gasteiger partial charge is 0.497 e. The predicted molar refractivity (Wildman–Crippen MR) is 74.5 cm³/mol. The minimum absolute atomic E-state index is 0.0158. The molecular formula is C14H22N2O3. The molecule has 0 heterocycles. The Labute approximate surface area is 114 Å². The van der Waals surface area contributed by atoms with E-state index in [0.29, 0.717) is 17.9 Å². The minimum atomic E-state index is -0.173. The number of methoxy groups -OCH3 is 1. The molecule has 0 saturated heterocycles. The van der Waals surface area contributed by atoms with E-state index in [1.807, 2.05) is 19.1 Å². The first-order valence-corrected chi connectivity index (χ1v) is 6.36. The molecule has 19 heavy (non-hydrogen) atoms. The third kappa shape index (κ3) is 4.79. The van der Waals surface area contributed by atoms with Gasteiger partial charge >= 0.3 is 0 Å². The molecule has 1 rings (SSSR count). The molecule has 1 aromatic rings. The van der Waals surface area contributed by atoms with Crippen LogP contribution in [0.15, 0.2) is 18.2 Å². The summed E-state index contributed by atoms with van der Waals surface area (Å²) in [5.41, 5.74) is 6.95. The lowest BCUT2D eigenvalue weighted by Gasteiger charge is -2.15. The topological polar surface area (TPSA) is 73.6 Å². The smallest absolute Gasteiger partial charge is 0.257 e. The molecule has 0 fully saturated rings.